The molecule has 0 bridgehead atoms. The molecule has 27 heavy (non-hydrogen) atoms. The van der Waals surface area contributed by atoms with Crippen LogP contribution in [0.1, 0.15) is 39.5 Å². The van der Waals surface area contributed by atoms with E-state index in [0.717, 1.165) is 12.8 Å². The molecular formula is C20H28ClN3O3. The van der Waals surface area contributed by atoms with Crippen molar-refractivity contribution in [3.63, 3.8) is 0 Å². The predicted octanol–water partition coefficient (Wildman–Crippen LogP) is 2.26. The van der Waals surface area contributed by atoms with Crippen LogP contribution < -0.4 is 20.7 Å². The first-order valence-electron chi connectivity index (χ1n) is 9.64. The number of carbonyl (C=O) groups excluding carboxylic acids is 2. The Morgan fingerprint density at radius 2 is 1.96 bits per heavy atom. The molecule has 3 rings (SSSR count). The maximum atomic E-state index is 12.2. The molecule has 2 unspecified atom stereocenters. The number of carbonyl (C=O) groups is 2. The van der Waals surface area contributed by atoms with Gasteiger partial charge in [-0.2, -0.15) is 0 Å². The molecule has 1 aromatic rings. The van der Waals surface area contributed by atoms with Crippen molar-refractivity contribution in [1.29, 1.82) is 0 Å². The van der Waals surface area contributed by atoms with Crippen LogP contribution in [0.2, 0.25) is 5.02 Å². The average molecular weight is 394 g/mol. The highest BCUT2D eigenvalue weighted by Crippen LogP contribution is 2.39. The molecule has 3 N–H and O–H groups in total. The maximum absolute atomic E-state index is 12.2. The van der Waals surface area contributed by atoms with E-state index >= 15 is 0 Å². The highest BCUT2D eigenvalue weighted by atomic mass is 35.5. The monoisotopic (exact) mass is 393 g/mol. The van der Waals surface area contributed by atoms with E-state index in [1.165, 1.54) is 12.8 Å². The van der Waals surface area contributed by atoms with Gasteiger partial charge < -0.3 is 20.7 Å². The fourth-order valence-corrected chi connectivity index (χ4v) is 3.49. The van der Waals surface area contributed by atoms with E-state index in [9.17, 15) is 9.59 Å². The second kappa shape index (κ2) is 8.48. The first-order chi connectivity index (χ1) is 12.9. The van der Waals surface area contributed by atoms with Gasteiger partial charge in [-0.05, 0) is 62.8 Å². The van der Waals surface area contributed by atoms with Crippen LogP contribution in [0, 0.1) is 5.92 Å². The lowest BCUT2D eigenvalue weighted by molar-refractivity contribution is -0.125. The molecule has 2 saturated carbocycles. The fraction of sp³-hybridized carbons (Fsp3) is 0.600. The molecule has 6 nitrogen and oxygen atoms in total. The van der Waals surface area contributed by atoms with Crippen LogP contribution in [0.15, 0.2) is 24.3 Å². The van der Waals surface area contributed by atoms with Crippen LogP contribution in [0.4, 0.5) is 0 Å². The number of hydrogen-bond acceptors (Lipinski definition) is 4. The summed E-state index contributed by atoms with van der Waals surface area (Å²) in [6, 6.07) is 7.24. The first kappa shape index (κ1) is 20.0. The van der Waals surface area contributed by atoms with Crippen molar-refractivity contribution in [3.05, 3.63) is 29.3 Å². The zero-order chi connectivity index (χ0) is 19.4. The zero-order valence-electron chi connectivity index (χ0n) is 15.9. The van der Waals surface area contributed by atoms with E-state index in [-0.39, 0.29) is 30.0 Å². The Kier molecular flexibility index (Phi) is 6.27. The third kappa shape index (κ3) is 5.59. The lowest BCUT2D eigenvalue weighted by Crippen LogP contribution is -2.47. The van der Waals surface area contributed by atoms with Crippen molar-refractivity contribution in [2.75, 3.05) is 13.2 Å². The summed E-state index contributed by atoms with van der Waals surface area (Å²) in [5.41, 5.74) is -0.363. The smallest absolute Gasteiger partial charge is 0.258 e. The van der Waals surface area contributed by atoms with Crippen LogP contribution in [0.3, 0.4) is 0 Å². The molecule has 2 aliphatic rings. The molecule has 0 aliphatic heterocycles. The van der Waals surface area contributed by atoms with E-state index in [2.05, 4.69) is 22.9 Å². The summed E-state index contributed by atoms with van der Waals surface area (Å²) in [6.07, 6.45) is 4.01. The molecular weight excluding hydrogens is 366 g/mol. The molecule has 0 aromatic heterocycles. The van der Waals surface area contributed by atoms with Gasteiger partial charge in [0, 0.05) is 11.1 Å². The summed E-state index contributed by atoms with van der Waals surface area (Å²) in [5.74, 6) is 1.10. The molecule has 0 spiro atoms. The third-order valence-corrected chi connectivity index (χ3v) is 5.78. The molecule has 2 fully saturated rings. The van der Waals surface area contributed by atoms with Gasteiger partial charge in [0.2, 0.25) is 5.91 Å². The molecule has 2 amide bonds. The van der Waals surface area contributed by atoms with E-state index < -0.39 is 0 Å². The number of nitrogens with one attached hydrogen (secondary N) is 3. The number of ether oxygens (including phenoxy) is 1. The predicted molar refractivity (Wildman–Crippen MR) is 105 cm³/mol. The summed E-state index contributed by atoms with van der Waals surface area (Å²) in [4.78, 5) is 24.4. The average Bonchev–Trinajstić information content (AvgIpc) is 3.56. The van der Waals surface area contributed by atoms with Gasteiger partial charge >= 0.3 is 0 Å². The topological polar surface area (TPSA) is 79.5 Å². The maximum Gasteiger partial charge on any atom is 0.258 e. The van der Waals surface area contributed by atoms with Gasteiger partial charge in [0.1, 0.15) is 5.75 Å². The highest BCUT2D eigenvalue weighted by molar-refractivity contribution is 6.30. The van der Waals surface area contributed by atoms with Crippen LogP contribution in [0.25, 0.3) is 0 Å². The van der Waals surface area contributed by atoms with Crippen molar-refractivity contribution in [3.8, 4) is 5.75 Å². The van der Waals surface area contributed by atoms with Gasteiger partial charge in [-0.1, -0.05) is 18.5 Å². The Labute approximate surface area is 165 Å². The zero-order valence-corrected chi connectivity index (χ0v) is 16.6. The third-order valence-electron chi connectivity index (χ3n) is 5.53. The van der Waals surface area contributed by atoms with Gasteiger partial charge in [0.05, 0.1) is 18.1 Å². The number of rotatable bonds is 10. The highest BCUT2D eigenvalue weighted by Gasteiger charge is 2.54. The minimum atomic E-state index is -0.363. The van der Waals surface area contributed by atoms with E-state index in [4.69, 9.17) is 16.3 Å². The van der Waals surface area contributed by atoms with Crippen LogP contribution in [-0.2, 0) is 9.59 Å². The lowest BCUT2D eigenvalue weighted by atomic mass is 10.2. The fourth-order valence-electron chi connectivity index (χ4n) is 3.37. The van der Waals surface area contributed by atoms with Gasteiger partial charge in [-0.15, -0.1) is 0 Å². The molecule has 2 aliphatic carbocycles. The van der Waals surface area contributed by atoms with Gasteiger partial charge in [0.25, 0.3) is 5.91 Å². The number of amides is 2. The quantitative estimate of drug-likeness (QED) is 0.569. The molecule has 148 valence electrons. The number of hydrogen-bond donors (Lipinski definition) is 3. The molecule has 0 radical (unpaired) electrons. The summed E-state index contributed by atoms with van der Waals surface area (Å²) >= 11 is 5.83. The number of benzene rings is 1. The van der Waals surface area contributed by atoms with E-state index in [0.29, 0.717) is 29.3 Å². The lowest BCUT2D eigenvalue weighted by Gasteiger charge is -2.19. The number of halogens is 1. The Morgan fingerprint density at radius 3 is 2.59 bits per heavy atom. The van der Waals surface area contributed by atoms with Gasteiger partial charge in [0.15, 0.2) is 6.61 Å². The second-order valence-corrected chi connectivity index (χ2v) is 8.07. The Hall–Kier alpha value is -1.79. The first-order valence-corrected chi connectivity index (χ1v) is 10.0. The van der Waals surface area contributed by atoms with Crippen LogP contribution in [0.5, 0.6) is 5.75 Å². The molecule has 1 aromatic carbocycles. The van der Waals surface area contributed by atoms with Crippen molar-refractivity contribution >= 4 is 23.4 Å². The summed E-state index contributed by atoms with van der Waals surface area (Å²) in [6.45, 7) is 4.39. The summed E-state index contributed by atoms with van der Waals surface area (Å²) in [5, 5.41) is 9.94. The standard InChI is InChI=1S/C20H28ClN3O3/c1-3-20(24-19(26)12-27-16-8-6-15(21)7-9-16)10-17(20)23-18(25)11-22-13(2)14-4-5-14/h6-9,13-14,17,22H,3-5,10-12H2,1-2H3,(H,23,25)(H,24,26)/t13-,17?,20?/m1/s1. The van der Waals surface area contributed by atoms with E-state index in [1.807, 2.05) is 6.92 Å². The van der Waals surface area contributed by atoms with Crippen molar-refractivity contribution < 1.29 is 14.3 Å². The summed E-state index contributed by atoms with van der Waals surface area (Å²) < 4.78 is 5.48. The Morgan fingerprint density at radius 1 is 1.26 bits per heavy atom. The molecule has 0 heterocycles. The van der Waals surface area contributed by atoms with Crippen LogP contribution >= 0.6 is 11.6 Å². The van der Waals surface area contributed by atoms with Gasteiger partial charge in [-0.3, -0.25) is 9.59 Å². The van der Waals surface area contributed by atoms with Gasteiger partial charge in [-0.25, -0.2) is 0 Å². The van der Waals surface area contributed by atoms with Crippen molar-refractivity contribution in [2.24, 2.45) is 5.92 Å². The van der Waals surface area contributed by atoms with Crippen LogP contribution in [-0.4, -0.2) is 42.6 Å². The molecule has 7 heteroatoms. The molecule has 0 saturated heterocycles. The largest absolute Gasteiger partial charge is 0.484 e. The Balaban J connectivity index is 1.39. The Bertz CT molecular complexity index is 678. The summed E-state index contributed by atoms with van der Waals surface area (Å²) in [7, 11) is 0. The van der Waals surface area contributed by atoms with E-state index in [1.54, 1.807) is 24.3 Å². The molecule has 3 atom stereocenters. The minimum Gasteiger partial charge on any atom is -0.484 e. The van der Waals surface area contributed by atoms with Crippen molar-refractivity contribution in [1.82, 2.24) is 16.0 Å². The SMILES string of the molecule is CCC1(NC(=O)COc2ccc(Cl)cc2)CC1NC(=O)CN[C@H](C)C1CC1. The van der Waals surface area contributed by atoms with Crippen molar-refractivity contribution in [2.45, 2.75) is 57.2 Å². The minimum absolute atomic E-state index is 0.0190. The normalized spacial score (nSPS) is 24.8. The second-order valence-electron chi connectivity index (χ2n) is 7.63.